The van der Waals surface area contributed by atoms with E-state index in [1.54, 1.807) is 14.0 Å². The number of nitrogens with zero attached hydrogens (tertiary/aromatic N) is 3. The van der Waals surface area contributed by atoms with Crippen LogP contribution in [-0.4, -0.2) is 55.2 Å². The third-order valence-corrected chi connectivity index (χ3v) is 4.76. The topological polar surface area (TPSA) is 74.2 Å². The lowest BCUT2D eigenvalue weighted by molar-refractivity contribution is 0.0946. The van der Waals surface area contributed by atoms with Crippen LogP contribution in [0.15, 0.2) is 30.3 Å². The summed E-state index contributed by atoms with van der Waals surface area (Å²) in [6, 6.07) is 10.1. The van der Waals surface area contributed by atoms with Gasteiger partial charge in [-0.15, -0.1) is 5.92 Å². The lowest BCUT2D eigenvalue weighted by Crippen LogP contribution is -2.44. The Morgan fingerprint density at radius 2 is 2.00 bits per heavy atom. The lowest BCUT2D eigenvalue weighted by atomic mass is 10.1. The molecule has 1 aliphatic heterocycles. The summed E-state index contributed by atoms with van der Waals surface area (Å²) in [5, 5.41) is 9.46. The molecule has 2 heterocycles. The fraction of sp³-hybridized carbons (Fsp3) is 0.429. The molecule has 0 unspecified atom stereocenters. The third-order valence-electron chi connectivity index (χ3n) is 4.76. The summed E-state index contributed by atoms with van der Waals surface area (Å²) in [5.41, 5.74) is 1.73. The first kappa shape index (κ1) is 19.8. The first-order valence-electron chi connectivity index (χ1n) is 9.70. The fourth-order valence-electron chi connectivity index (χ4n) is 3.31. The summed E-state index contributed by atoms with van der Waals surface area (Å²) in [4.78, 5) is 19.9. The van der Waals surface area contributed by atoms with Gasteiger partial charge in [0.2, 0.25) is 5.95 Å². The van der Waals surface area contributed by atoms with Gasteiger partial charge in [-0.1, -0.05) is 36.3 Å². The minimum atomic E-state index is -0.132. The molecule has 1 aromatic carbocycles. The molecule has 2 aromatic rings. The third kappa shape index (κ3) is 4.65. The maximum absolute atomic E-state index is 13.0. The number of nitrogens with one attached hydrogen (secondary N) is 3. The monoisotopic (exact) mass is 380 g/mol. The molecule has 0 atom stereocenters. The van der Waals surface area contributed by atoms with Crippen LogP contribution in [0, 0.1) is 11.8 Å². The number of aromatic nitrogens is 2. The number of rotatable bonds is 7. The summed E-state index contributed by atoms with van der Waals surface area (Å²) in [6.07, 6.45) is 0.787. The van der Waals surface area contributed by atoms with Gasteiger partial charge in [-0.05, 0) is 18.9 Å². The van der Waals surface area contributed by atoms with Crippen LogP contribution in [0.25, 0.3) is 0 Å². The number of benzene rings is 1. The fourth-order valence-corrected chi connectivity index (χ4v) is 3.31. The van der Waals surface area contributed by atoms with Gasteiger partial charge in [0, 0.05) is 39.8 Å². The zero-order chi connectivity index (χ0) is 19.8. The van der Waals surface area contributed by atoms with Gasteiger partial charge in [0.05, 0.1) is 6.54 Å². The molecule has 0 radical (unpaired) electrons. The van der Waals surface area contributed by atoms with Gasteiger partial charge in [0.15, 0.2) is 11.5 Å². The van der Waals surface area contributed by atoms with E-state index in [0.29, 0.717) is 24.6 Å². The molecule has 0 saturated carbocycles. The molecule has 7 heteroatoms. The maximum Gasteiger partial charge on any atom is 0.271 e. The minimum absolute atomic E-state index is 0.132. The second-order valence-electron chi connectivity index (χ2n) is 6.60. The summed E-state index contributed by atoms with van der Waals surface area (Å²) in [5.74, 6) is 7.25. The number of piperazine rings is 1. The van der Waals surface area contributed by atoms with E-state index in [0.717, 1.165) is 38.5 Å². The van der Waals surface area contributed by atoms with Gasteiger partial charge in [-0.2, -0.15) is 4.98 Å². The molecule has 7 nitrogen and oxygen atoms in total. The zero-order valence-electron chi connectivity index (χ0n) is 16.6. The van der Waals surface area contributed by atoms with Gasteiger partial charge in [-0.25, -0.2) is 0 Å². The molecule has 3 N–H and O–H groups in total. The van der Waals surface area contributed by atoms with Crippen LogP contribution < -0.4 is 20.9 Å². The van der Waals surface area contributed by atoms with Crippen molar-refractivity contribution in [2.24, 2.45) is 0 Å². The highest BCUT2D eigenvalue weighted by atomic mass is 16.2. The molecular formula is C21H28N6O. The van der Waals surface area contributed by atoms with E-state index in [4.69, 9.17) is 4.98 Å². The Bertz CT molecular complexity index is 843. The molecule has 0 spiro atoms. The largest absolute Gasteiger partial charge is 0.371 e. The Labute approximate surface area is 166 Å². The van der Waals surface area contributed by atoms with Crippen LogP contribution in [0.3, 0.4) is 0 Å². The van der Waals surface area contributed by atoms with Gasteiger partial charge >= 0.3 is 0 Å². The summed E-state index contributed by atoms with van der Waals surface area (Å²) in [6.45, 7) is 6.33. The van der Waals surface area contributed by atoms with Gasteiger partial charge in [0.1, 0.15) is 0 Å². The quantitative estimate of drug-likeness (QED) is 0.632. The molecule has 1 saturated heterocycles. The number of carbonyl (C=O) groups is 1. The Kier molecular flexibility index (Phi) is 6.93. The van der Waals surface area contributed by atoms with Crippen LogP contribution >= 0.6 is 0 Å². The van der Waals surface area contributed by atoms with Crippen molar-refractivity contribution in [2.45, 2.75) is 19.9 Å². The highest BCUT2D eigenvalue weighted by Crippen LogP contribution is 2.24. The average molecular weight is 380 g/mol. The first-order chi connectivity index (χ1) is 13.7. The summed E-state index contributed by atoms with van der Waals surface area (Å²) >= 11 is 0. The average Bonchev–Trinajstić information content (AvgIpc) is 3.12. The highest BCUT2D eigenvalue weighted by molar-refractivity contribution is 5.98. The predicted octanol–water partition coefficient (Wildman–Crippen LogP) is 1.33. The number of hydrogen-bond donors (Lipinski definition) is 3. The smallest absolute Gasteiger partial charge is 0.271 e. The lowest BCUT2D eigenvalue weighted by Gasteiger charge is -2.28. The summed E-state index contributed by atoms with van der Waals surface area (Å²) < 4.78 is 1.92. The van der Waals surface area contributed by atoms with E-state index in [9.17, 15) is 4.79 Å². The van der Waals surface area contributed by atoms with Gasteiger partial charge in [0.25, 0.3) is 5.91 Å². The van der Waals surface area contributed by atoms with E-state index in [-0.39, 0.29) is 5.91 Å². The van der Waals surface area contributed by atoms with Gasteiger partial charge < -0.3 is 20.9 Å². The second-order valence-corrected chi connectivity index (χ2v) is 6.60. The Balaban J connectivity index is 1.81. The molecule has 148 valence electrons. The Morgan fingerprint density at radius 1 is 1.25 bits per heavy atom. The van der Waals surface area contributed by atoms with E-state index in [2.05, 4.69) is 44.8 Å². The van der Waals surface area contributed by atoms with Crippen molar-refractivity contribution >= 4 is 17.7 Å². The number of hydrogen-bond acceptors (Lipinski definition) is 5. The van der Waals surface area contributed by atoms with Crippen LogP contribution in [0.5, 0.6) is 0 Å². The maximum atomic E-state index is 13.0. The standard InChI is InChI=1S/C21H28N6O/c1-3-4-14-27-18(20(28)24-11-10-17-8-6-5-7-9-17)19(22-2)25-21(27)26-15-12-23-13-16-26/h5-9,22-23H,10-16H2,1-2H3,(H,24,28). The number of imidazole rings is 1. The molecule has 3 rings (SSSR count). The summed E-state index contributed by atoms with van der Waals surface area (Å²) in [7, 11) is 1.79. The van der Waals surface area contributed by atoms with Crippen molar-refractivity contribution in [3.8, 4) is 11.8 Å². The van der Waals surface area contributed by atoms with Crippen molar-refractivity contribution < 1.29 is 4.79 Å². The van der Waals surface area contributed by atoms with E-state index in [1.165, 1.54) is 5.56 Å². The normalized spacial score (nSPS) is 13.6. The van der Waals surface area contributed by atoms with Crippen molar-refractivity contribution in [1.82, 2.24) is 20.2 Å². The highest BCUT2D eigenvalue weighted by Gasteiger charge is 2.25. The minimum Gasteiger partial charge on any atom is -0.371 e. The SMILES string of the molecule is CC#CCn1c(N2CCNCC2)nc(NC)c1C(=O)NCCc1ccccc1. The van der Waals surface area contributed by atoms with E-state index < -0.39 is 0 Å². The molecule has 0 aliphatic carbocycles. The first-order valence-corrected chi connectivity index (χ1v) is 9.70. The van der Waals surface area contributed by atoms with Crippen LogP contribution in [0.2, 0.25) is 0 Å². The Morgan fingerprint density at radius 3 is 2.68 bits per heavy atom. The van der Waals surface area contributed by atoms with Gasteiger partial charge in [-0.3, -0.25) is 9.36 Å². The van der Waals surface area contributed by atoms with E-state index in [1.807, 2.05) is 22.8 Å². The van der Waals surface area contributed by atoms with Crippen molar-refractivity contribution in [1.29, 1.82) is 0 Å². The second kappa shape index (κ2) is 9.81. The van der Waals surface area contributed by atoms with Crippen LogP contribution in [-0.2, 0) is 13.0 Å². The van der Waals surface area contributed by atoms with Crippen molar-refractivity contribution in [3.63, 3.8) is 0 Å². The molecule has 1 aliphatic rings. The van der Waals surface area contributed by atoms with Crippen LogP contribution in [0.1, 0.15) is 23.0 Å². The predicted molar refractivity (Wildman–Crippen MR) is 113 cm³/mol. The molecule has 0 bridgehead atoms. The molecule has 1 fully saturated rings. The zero-order valence-corrected chi connectivity index (χ0v) is 16.6. The molecule has 1 amide bonds. The number of amides is 1. The van der Waals surface area contributed by atoms with Crippen LogP contribution in [0.4, 0.5) is 11.8 Å². The van der Waals surface area contributed by atoms with Crippen molar-refractivity contribution in [3.05, 3.63) is 41.6 Å². The van der Waals surface area contributed by atoms with Crippen molar-refractivity contribution in [2.75, 3.05) is 50.0 Å². The number of carbonyl (C=O) groups excluding carboxylic acids is 1. The molecule has 28 heavy (non-hydrogen) atoms. The number of anilines is 2. The molecule has 1 aromatic heterocycles. The van der Waals surface area contributed by atoms with E-state index >= 15 is 0 Å². The Hall–Kier alpha value is -2.98. The molecular weight excluding hydrogens is 352 g/mol.